The van der Waals surface area contributed by atoms with Gasteiger partial charge in [-0.1, -0.05) is 54.6 Å². The first-order valence-electron chi connectivity index (χ1n) is 9.22. The molecule has 2 aromatic carbocycles. The van der Waals surface area contributed by atoms with Crippen molar-refractivity contribution in [1.82, 2.24) is 9.62 Å². The standard InChI is InChI=1S/C21H26N2O3S/c1-16-9-6-7-13-19(16)20(17-10-4-3-5-11-17)22-21(24)18-12-8-14-23(15-18)27(2,25)26/h3-7,9-11,13,18,20H,8,12,14-15H2,1-2H3,(H,22,24)/t18-,20-/m1/s1. The number of carbonyl (C=O) groups is 1. The van der Waals surface area contributed by atoms with Gasteiger partial charge in [-0.3, -0.25) is 4.79 Å². The molecule has 27 heavy (non-hydrogen) atoms. The highest BCUT2D eigenvalue weighted by Crippen LogP contribution is 2.26. The Bertz CT molecular complexity index is 897. The van der Waals surface area contributed by atoms with Gasteiger partial charge in [-0.15, -0.1) is 0 Å². The van der Waals surface area contributed by atoms with Crippen molar-refractivity contribution in [2.75, 3.05) is 19.3 Å². The summed E-state index contributed by atoms with van der Waals surface area (Å²) in [6.07, 6.45) is 2.60. The van der Waals surface area contributed by atoms with Gasteiger partial charge in [0.15, 0.2) is 0 Å². The maximum Gasteiger partial charge on any atom is 0.225 e. The average Bonchev–Trinajstić information content (AvgIpc) is 2.67. The van der Waals surface area contributed by atoms with Gasteiger partial charge < -0.3 is 5.32 Å². The van der Waals surface area contributed by atoms with Crippen LogP contribution < -0.4 is 5.32 Å². The Balaban J connectivity index is 1.84. The lowest BCUT2D eigenvalue weighted by atomic mass is 9.93. The van der Waals surface area contributed by atoms with Crippen molar-refractivity contribution < 1.29 is 13.2 Å². The zero-order valence-electron chi connectivity index (χ0n) is 15.8. The molecule has 5 nitrogen and oxygen atoms in total. The minimum absolute atomic E-state index is 0.0968. The smallest absolute Gasteiger partial charge is 0.225 e. The van der Waals surface area contributed by atoms with Crippen molar-refractivity contribution in [2.45, 2.75) is 25.8 Å². The first kappa shape index (κ1) is 19.6. The molecule has 144 valence electrons. The second kappa shape index (κ2) is 8.23. The van der Waals surface area contributed by atoms with E-state index in [0.29, 0.717) is 19.4 Å². The van der Waals surface area contributed by atoms with Crippen LogP contribution in [0.3, 0.4) is 0 Å². The van der Waals surface area contributed by atoms with Crippen LogP contribution in [0.4, 0.5) is 0 Å². The quantitative estimate of drug-likeness (QED) is 0.859. The van der Waals surface area contributed by atoms with Gasteiger partial charge >= 0.3 is 0 Å². The molecule has 0 radical (unpaired) electrons. The molecule has 0 bridgehead atoms. The number of nitrogens with zero attached hydrogens (tertiary/aromatic N) is 1. The summed E-state index contributed by atoms with van der Waals surface area (Å²) in [4.78, 5) is 13.0. The molecule has 1 heterocycles. The van der Waals surface area contributed by atoms with Crippen molar-refractivity contribution in [2.24, 2.45) is 5.92 Å². The summed E-state index contributed by atoms with van der Waals surface area (Å²) in [6, 6.07) is 17.6. The molecule has 3 rings (SSSR count). The van der Waals surface area contributed by atoms with Crippen LogP contribution in [0.5, 0.6) is 0 Å². The van der Waals surface area contributed by atoms with Crippen LogP contribution in [-0.2, 0) is 14.8 Å². The minimum atomic E-state index is -3.28. The lowest BCUT2D eigenvalue weighted by molar-refractivity contribution is -0.126. The van der Waals surface area contributed by atoms with Gasteiger partial charge in [-0.2, -0.15) is 0 Å². The van der Waals surface area contributed by atoms with Crippen molar-refractivity contribution in [3.05, 3.63) is 71.3 Å². The van der Waals surface area contributed by atoms with Gasteiger partial charge in [0.2, 0.25) is 15.9 Å². The lowest BCUT2D eigenvalue weighted by Gasteiger charge is -2.31. The Morgan fingerprint density at radius 3 is 2.44 bits per heavy atom. The zero-order valence-corrected chi connectivity index (χ0v) is 16.6. The molecule has 1 aliphatic rings. The highest BCUT2D eigenvalue weighted by molar-refractivity contribution is 7.88. The zero-order chi connectivity index (χ0) is 19.4. The molecular weight excluding hydrogens is 360 g/mol. The predicted octanol–water partition coefficient (Wildman–Crippen LogP) is 2.87. The lowest BCUT2D eigenvalue weighted by Crippen LogP contribution is -2.45. The molecule has 1 fully saturated rings. The number of nitrogens with one attached hydrogen (secondary N) is 1. The number of carbonyl (C=O) groups excluding carboxylic acids is 1. The number of piperidine rings is 1. The van der Waals surface area contributed by atoms with E-state index in [1.165, 1.54) is 10.6 Å². The summed E-state index contributed by atoms with van der Waals surface area (Å²) < 4.78 is 25.1. The second-order valence-electron chi connectivity index (χ2n) is 7.17. The Morgan fingerprint density at radius 2 is 1.78 bits per heavy atom. The van der Waals surface area contributed by atoms with E-state index in [4.69, 9.17) is 0 Å². The van der Waals surface area contributed by atoms with E-state index in [-0.39, 0.29) is 24.4 Å². The summed E-state index contributed by atoms with van der Waals surface area (Å²) in [6.45, 7) is 2.77. The molecule has 2 atom stereocenters. The monoisotopic (exact) mass is 386 g/mol. The Hall–Kier alpha value is -2.18. The van der Waals surface area contributed by atoms with Crippen LogP contribution in [0.1, 0.15) is 35.6 Å². The van der Waals surface area contributed by atoms with Crippen molar-refractivity contribution in [3.63, 3.8) is 0 Å². The van der Waals surface area contributed by atoms with Crippen LogP contribution in [0.2, 0.25) is 0 Å². The molecule has 0 saturated carbocycles. The minimum Gasteiger partial charge on any atom is -0.345 e. The van der Waals surface area contributed by atoms with E-state index in [1.807, 2.05) is 61.5 Å². The maximum atomic E-state index is 13.0. The third-order valence-electron chi connectivity index (χ3n) is 5.14. The molecule has 1 N–H and O–H groups in total. The third kappa shape index (κ3) is 4.76. The van der Waals surface area contributed by atoms with Crippen LogP contribution in [0.15, 0.2) is 54.6 Å². The molecular formula is C21H26N2O3S. The number of benzene rings is 2. The molecule has 0 unspecified atom stereocenters. The summed E-state index contributed by atoms with van der Waals surface area (Å²) >= 11 is 0. The topological polar surface area (TPSA) is 66.5 Å². The van der Waals surface area contributed by atoms with E-state index >= 15 is 0 Å². The number of rotatable bonds is 5. The van der Waals surface area contributed by atoms with E-state index in [9.17, 15) is 13.2 Å². The second-order valence-corrected chi connectivity index (χ2v) is 9.15. The highest BCUT2D eigenvalue weighted by atomic mass is 32.2. The first-order valence-corrected chi connectivity index (χ1v) is 11.1. The molecule has 0 aromatic heterocycles. The molecule has 1 saturated heterocycles. The molecule has 1 amide bonds. The average molecular weight is 387 g/mol. The van der Waals surface area contributed by atoms with Crippen molar-refractivity contribution in [3.8, 4) is 0 Å². The van der Waals surface area contributed by atoms with E-state index < -0.39 is 10.0 Å². The highest BCUT2D eigenvalue weighted by Gasteiger charge is 2.31. The fourth-order valence-corrected chi connectivity index (χ4v) is 4.53. The van der Waals surface area contributed by atoms with E-state index in [1.54, 1.807) is 0 Å². The SMILES string of the molecule is Cc1ccccc1[C@H](NC(=O)[C@@H]1CCCN(S(C)(=O)=O)C1)c1ccccc1. The van der Waals surface area contributed by atoms with Gasteiger partial charge in [0, 0.05) is 13.1 Å². The van der Waals surface area contributed by atoms with Crippen LogP contribution in [0, 0.1) is 12.8 Å². The van der Waals surface area contributed by atoms with Gasteiger partial charge in [-0.05, 0) is 36.5 Å². The fraction of sp³-hybridized carbons (Fsp3) is 0.381. The van der Waals surface area contributed by atoms with Gasteiger partial charge in [-0.25, -0.2) is 12.7 Å². The Morgan fingerprint density at radius 1 is 1.11 bits per heavy atom. The molecule has 0 spiro atoms. The van der Waals surface area contributed by atoms with Gasteiger partial charge in [0.25, 0.3) is 0 Å². The van der Waals surface area contributed by atoms with Gasteiger partial charge in [0.1, 0.15) is 0 Å². The normalized spacial score (nSPS) is 19.4. The molecule has 2 aromatic rings. The number of amides is 1. The first-order chi connectivity index (χ1) is 12.9. The van der Waals surface area contributed by atoms with Crippen molar-refractivity contribution in [1.29, 1.82) is 0 Å². The number of hydrogen-bond acceptors (Lipinski definition) is 3. The fourth-order valence-electron chi connectivity index (χ4n) is 3.61. The number of sulfonamides is 1. The predicted molar refractivity (Wildman–Crippen MR) is 107 cm³/mol. The maximum absolute atomic E-state index is 13.0. The van der Waals surface area contributed by atoms with Crippen LogP contribution in [0.25, 0.3) is 0 Å². The summed E-state index contributed by atoms with van der Waals surface area (Å²) in [5.41, 5.74) is 3.16. The Labute approximate surface area is 161 Å². The third-order valence-corrected chi connectivity index (χ3v) is 6.41. The molecule has 1 aliphatic heterocycles. The molecule has 0 aliphatic carbocycles. The molecule has 6 heteroatoms. The summed E-state index contributed by atoms with van der Waals surface area (Å²) in [7, 11) is -3.28. The number of aryl methyl sites for hydroxylation is 1. The van der Waals surface area contributed by atoms with E-state index in [0.717, 1.165) is 16.7 Å². The Kier molecular flexibility index (Phi) is 5.97. The summed E-state index contributed by atoms with van der Waals surface area (Å²) in [5.74, 6) is -0.427. The van der Waals surface area contributed by atoms with E-state index in [2.05, 4.69) is 5.32 Å². The summed E-state index contributed by atoms with van der Waals surface area (Å²) in [5, 5.41) is 3.17. The van der Waals surface area contributed by atoms with Crippen LogP contribution >= 0.6 is 0 Å². The largest absolute Gasteiger partial charge is 0.345 e. The van der Waals surface area contributed by atoms with Gasteiger partial charge in [0.05, 0.1) is 18.2 Å². The van der Waals surface area contributed by atoms with Crippen LogP contribution in [-0.4, -0.2) is 38.0 Å². The number of hydrogen-bond donors (Lipinski definition) is 1. The van der Waals surface area contributed by atoms with Crippen molar-refractivity contribution >= 4 is 15.9 Å².